The number of nitrogens with zero attached hydrogens (tertiary/aromatic N) is 2. The number of halogens is 1. The van der Waals surface area contributed by atoms with Gasteiger partial charge in [0, 0.05) is 12.1 Å². The number of hydrogen-bond donors (Lipinski definition) is 1. The Morgan fingerprint density at radius 3 is 2.21 bits per heavy atom. The molecule has 180 valence electrons. The predicted molar refractivity (Wildman–Crippen MR) is 128 cm³/mol. The van der Waals surface area contributed by atoms with Crippen LogP contribution in [-0.2, 0) is 26.2 Å². The number of aryl methyl sites for hydroxylation is 1. The van der Waals surface area contributed by atoms with Crippen LogP contribution in [0.3, 0.4) is 0 Å². The molecule has 0 aliphatic carbocycles. The Balaban J connectivity index is 2.39. The van der Waals surface area contributed by atoms with Crippen molar-refractivity contribution >= 4 is 27.5 Å². The summed E-state index contributed by atoms with van der Waals surface area (Å²) >= 11 is 0. The molecule has 0 spiro atoms. The van der Waals surface area contributed by atoms with Gasteiger partial charge in [-0.3, -0.25) is 13.9 Å². The summed E-state index contributed by atoms with van der Waals surface area (Å²) in [5.41, 5.74) is 1.30. The molecule has 0 radical (unpaired) electrons. The molecule has 1 N–H and O–H groups in total. The summed E-state index contributed by atoms with van der Waals surface area (Å²) in [7, 11) is -3.78. The second-order valence-corrected chi connectivity index (χ2v) is 11.1. The molecule has 1 atom stereocenters. The van der Waals surface area contributed by atoms with Crippen molar-refractivity contribution in [2.75, 3.05) is 17.1 Å². The highest BCUT2D eigenvalue weighted by atomic mass is 32.2. The molecule has 0 heterocycles. The highest BCUT2D eigenvalue weighted by molar-refractivity contribution is 7.92. The van der Waals surface area contributed by atoms with Crippen LogP contribution < -0.4 is 9.62 Å². The van der Waals surface area contributed by atoms with Gasteiger partial charge in [-0.1, -0.05) is 24.3 Å². The third kappa shape index (κ3) is 7.85. The van der Waals surface area contributed by atoms with Crippen LogP contribution in [0.5, 0.6) is 0 Å². The largest absolute Gasteiger partial charge is 0.350 e. The second kappa shape index (κ2) is 10.3. The van der Waals surface area contributed by atoms with Gasteiger partial charge < -0.3 is 10.2 Å². The third-order valence-electron chi connectivity index (χ3n) is 4.90. The van der Waals surface area contributed by atoms with E-state index in [1.165, 1.54) is 29.2 Å². The Morgan fingerprint density at radius 1 is 1.09 bits per heavy atom. The van der Waals surface area contributed by atoms with Crippen molar-refractivity contribution in [1.82, 2.24) is 10.2 Å². The molecule has 0 saturated heterocycles. The van der Waals surface area contributed by atoms with Gasteiger partial charge in [0.2, 0.25) is 21.8 Å². The van der Waals surface area contributed by atoms with Gasteiger partial charge in [0.1, 0.15) is 18.4 Å². The van der Waals surface area contributed by atoms with Crippen LogP contribution in [-0.4, -0.2) is 49.5 Å². The normalized spacial score (nSPS) is 12.7. The van der Waals surface area contributed by atoms with Crippen LogP contribution in [0.25, 0.3) is 0 Å². The molecule has 0 fully saturated rings. The number of amides is 2. The van der Waals surface area contributed by atoms with Gasteiger partial charge in [0.15, 0.2) is 0 Å². The minimum atomic E-state index is -3.78. The molecule has 0 saturated carbocycles. The van der Waals surface area contributed by atoms with Crippen molar-refractivity contribution in [3.63, 3.8) is 0 Å². The van der Waals surface area contributed by atoms with Crippen LogP contribution in [0.15, 0.2) is 48.5 Å². The molecule has 0 aliphatic heterocycles. The number of rotatable bonds is 8. The Kier molecular flexibility index (Phi) is 8.24. The maximum absolute atomic E-state index is 13.4. The molecular formula is C24H32FN3O4S. The number of sulfonamides is 1. The highest BCUT2D eigenvalue weighted by Crippen LogP contribution is 2.20. The van der Waals surface area contributed by atoms with Crippen LogP contribution >= 0.6 is 0 Å². The highest BCUT2D eigenvalue weighted by Gasteiger charge is 2.31. The zero-order chi connectivity index (χ0) is 25.0. The minimum absolute atomic E-state index is 0.0171. The molecule has 0 aliphatic rings. The minimum Gasteiger partial charge on any atom is -0.350 e. The van der Waals surface area contributed by atoms with Gasteiger partial charge in [-0.05, 0) is 70.0 Å². The first-order chi connectivity index (χ1) is 15.2. The van der Waals surface area contributed by atoms with E-state index in [-0.39, 0.29) is 12.5 Å². The molecule has 2 aromatic rings. The van der Waals surface area contributed by atoms with E-state index in [1.54, 1.807) is 25.1 Å². The lowest BCUT2D eigenvalue weighted by Gasteiger charge is -2.33. The number of benzene rings is 2. The Bertz CT molecular complexity index is 1100. The van der Waals surface area contributed by atoms with Crippen molar-refractivity contribution in [1.29, 1.82) is 0 Å². The van der Waals surface area contributed by atoms with Crippen molar-refractivity contribution in [2.24, 2.45) is 0 Å². The number of carbonyl (C=O) groups excluding carboxylic acids is 2. The summed E-state index contributed by atoms with van der Waals surface area (Å²) in [5, 5.41) is 2.85. The first-order valence-corrected chi connectivity index (χ1v) is 12.4. The monoisotopic (exact) mass is 477 g/mol. The summed E-state index contributed by atoms with van der Waals surface area (Å²) in [5.74, 6) is -1.35. The van der Waals surface area contributed by atoms with E-state index in [4.69, 9.17) is 0 Å². The van der Waals surface area contributed by atoms with Crippen molar-refractivity contribution in [2.45, 2.75) is 52.7 Å². The van der Waals surface area contributed by atoms with E-state index in [1.807, 2.05) is 33.8 Å². The maximum Gasteiger partial charge on any atom is 0.244 e. The van der Waals surface area contributed by atoms with Gasteiger partial charge in [-0.25, -0.2) is 12.8 Å². The lowest BCUT2D eigenvalue weighted by Crippen LogP contribution is -2.54. The van der Waals surface area contributed by atoms with Gasteiger partial charge >= 0.3 is 0 Å². The lowest BCUT2D eigenvalue weighted by atomic mass is 10.1. The zero-order valence-electron chi connectivity index (χ0n) is 19.9. The smallest absolute Gasteiger partial charge is 0.244 e. The summed E-state index contributed by atoms with van der Waals surface area (Å²) in [6.45, 7) is 8.43. The van der Waals surface area contributed by atoms with Crippen LogP contribution in [0.4, 0.5) is 10.1 Å². The van der Waals surface area contributed by atoms with E-state index < -0.39 is 39.9 Å². The molecule has 0 bridgehead atoms. The topological polar surface area (TPSA) is 86.8 Å². The summed E-state index contributed by atoms with van der Waals surface area (Å²) in [6, 6.07) is 11.5. The average Bonchev–Trinajstić information content (AvgIpc) is 2.68. The number of hydrogen-bond acceptors (Lipinski definition) is 4. The first kappa shape index (κ1) is 26.3. The molecule has 2 aromatic carbocycles. The third-order valence-corrected chi connectivity index (χ3v) is 6.04. The maximum atomic E-state index is 13.4. The van der Waals surface area contributed by atoms with Gasteiger partial charge in [-0.15, -0.1) is 0 Å². The number of carbonyl (C=O) groups is 2. The standard InChI is InChI=1S/C24H32FN3O4S/c1-17-8-7-9-21(14-17)28(33(6,31)32)16-22(29)27(15-19-10-12-20(25)13-11-19)18(2)23(30)26-24(3,4)5/h7-14,18H,15-16H2,1-6H3,(H,26,30)/t18-/m0/s1. The fraction of sp³-hybridized carbons (Fsp3) is 0.417. The van der Waals surface area contributed by atoms with Crippen LogP contribution in [0.2, 0.25) is 0 Å². The summed E-state index contributed by atoms with van der Waals surface area (Å²) < 4.78 is 39.4. The Morgan fingerprint density at radius 2 is 1.70 bits per heavy atom. The number of anilines is 1. The molecule has 9 heteroatoms. The molecule has 2 amide bonds. The van der Waals surface area contributed by atoms with E-state index >= 15 is 0 Å². The second-order valence-electron chi connectivity index (χ2n) is 9.17. The average molecular weight is 478 g/mol. The SMILES string of the molecule is Cc1cccc(N(CC(=O)N(Cc2ccc(F)cc2)[C@@H](C)C(=O)NC(C)(C)C)S(C)(=O)=O)c1. The quantitative estimate of drug-likeness (QED) is 0.633. The molecule has 33 heavy (non-hydrogen) atoms. The van der Waals surface area contributed by atoms with Crippen molar-refractivity contribution in [3.05, 3.63) is 65.5 Å². The molecule has 7 nitrogen and oxygen atoms in total. The molecular weight excluding hydrogens is 445 g/mol. The summed E-state index contributed by atoms with van der Waals surface area (Å²) in [4.78, 5) is 27.6. The zero-order valence-corrected chi connectivity index (χ0v) is 20.7. The van der Waals surface area contributed by atoms with Gasteiger partial charge in [0.25, 0.3) is 0 Å². The van der Waals surface area contributed by atoms with E-state index in [9.17, 15) is 22.4 Å². The van der Waals surface area contributed by atoms with Gasteiger partial charge in [0.05, 0.1) is 11.9 Å². The van der Waals surface area contributed by atoms with E-state index in [0.29, 0.717) is 11.3 Å². The van der Waals surface area contributed by atoms with Gasteiger partial charge in [-0.2, -0.15) is 0 Å². The Hall–Kier alpha value is -2.94. The fourth-order valence-corrected chi connectivity index (χ4v) is 4.08. The van der Waals surface area contributed by atoms with Crippen molar-refractivity contribution in [3.8, 4) is 0 Å². The van der Waals surface area contributed by atoms with Crippen LogP contribution in [0, 0.1) is 12.7 Å². The molecule has 2 rings (SSSR count). The van der Waals surface area contributed by atoms with Crippen molar-refractivity contribution < 1.29 is 22.4 Å². The first-order valence-electron chi connectivity index (χ1n) is 10.6. The fourth-order valence-electron chi connectivity index (χ4n) is 3.24. The summed E-state index contributed by atoms with van der Waals surface area (Å²) in [6.07, 6.45) is 1.03. The number of nitrogens with one attached hydrogen (secondary N) is 1. The molecule has 0 aromatic heterocycles. The lowest BCUT2D eigenvalue weighted by molar-refractivity contribution is -0.140. The molecule has 0 unspecified atom stereocenters. The Labute approximate surface area is 195 Å². The van der Waals surface area contributed by atoms with E-state index in [2.05, 4.69) is 5.32 Å². The predicted octanol–water partition coefficient (Wildman–Crippen LogP) is 3.23. The van der Waals surface area contributed by atoms with E-state index in [0.717, 1.165) is 16.1 Å². The van der Waals surface area contributed by atoms with Crippen LogP contribution in [0.1, 0.15) is 38.8 Å².